The van der Waals surface area contributed by atoms with Crippen LogP contribution in [0.5, 0.6) is 0 Å². The molecule has 0 aromatic carbocycles. The van der Waals surface area contributed by atoms with E-state index in [2.05, 4.69) is 57.6 Å². The molecule has 0 aromatic rings. The fourth-order valence-corrected chi connectivity index (χ4v) is 0.341. The Hall–Kier alpha value is -2.35. The summed E-state index contributed by atoms with van der Waals surface area (Å²) in [7, 11) is 0. The molecule has 0 unspecified atom stereocenters. The molecule has 0 N–H and O–H groups in total. The highest BCUT2D eigenvalue weighted by Gasteiger charge is 1.48. The van der Waals surface area contributed by atoms with Crippen molar-refractivity contribution >= 4 is 5.87 Å². The lowest BCUT2D eigenvalue weighted by atomic mass is 10.7. The van der Waals surface area contributed by atoms with Gasteiger partial charge in [-0.3, -0.25) is 0 Å². The molecule has 0 amide bonds. The van der Waals surface area contributed by atoms with Crippen LogP contribution in [-0.4, -0.2) is 5.87 Å². The van der Waals surface area contributed by atoms with Gasteiger partial charge in [-0.05, 0) is 30.7 Å². The molecular weight excluding hydrogens is 158 g/mol. The van der Waals surface area contributed by atoms with E-state index < -0.39 is 0 Å². The molecular formula is C12H11N. The quantitative estimate of drug-likeness (QED) is 0.422. The topological polar surface area (TPSA) is 12.4 Å². The smallest absolute Gasteiger partial charge is 0.0481 e. The lowest BCUT2D eigenvalue weighted by Gasteiger charge is -1.58. The zero-order valence-electron chi connectivity index (χ0n) is 7.31. The van der Waals surface area contributed by atoms with E-state index >= 15 is 0 Å². The van der Waals surface area contributed by atoms with Gasteiger partial charge in [0.25, 0.3) is 0 Å². The van der Waals surface area contributed by atoms with E-state index in [9.17, 15) is 0 Å². The van der Waals surface area contributed by atoms with E-state index in [4.69, 9.17) is 0 Å². The Morgan fingerprint density at radius 2 is 1.69 bits per heavy atom. The van der Waals surface area contributed by atoms with Crippen LogP contribution in [0.25, 0.3) is 0 Å². The summed E-state index contributed by atoms with van der Waals surface area (Å²) in [4.78, 5) is 3.69. The van der Waals surface area contributed by atoms with E-state index in [1.54, 1.807) is 12.3 Å². The highest BCUT2D eigenvalue weighted by molar-refractivity contribution is 5.50. The first-order valence-electron chi connectivity index (χ1n) is 3.50. The van der Waals surface area contributed by atoms with Crippen molar-refractivity contribution in [2.45, 2.75) is 6.92 Å². The standard InChI is InChI=1S/C12H7N.2H2/c1-3-5-6-7-8-9-10-12-13-11-4-2;;/h4,11H,1H2,2H3;2*1H. The minimum Gasteiger partial charge on any atom is -0.205 e. The molecule has 0 aliphatic rings. The Morgan fingerprint density at radius 3 is 2.31 bits per heavy atom. The van der Waals surface area contributed by atoms with E-state index in [1.807, 2.05) is 6.92 Å². The van der Waals surface area contributed by atoms with Gasteiger partial charge in [-0.1, -0.05) is 11.8 Å². The first kappa shape index (κ1) is 10.7. The molecule has 1 heteroatoms. The SMILES string of the molecule is C=C=C=C=C=C=C=C=C=NC=CC.[HH].[HH]. The van der Waals surface area contributed by atoms with Gasteiger partial charge in [-0.25, -0.2) is 4.99 Å². The second-order valence-corrected chi connectivity index (χ2v) is 1.65. The maximum atomic E-state index is 3.69. The number of nitrogens with zero attached hydrogens (tertiary/aromatic N) is 1. The third-order valence-corrected chi connectivity index (χ3v) is 0.745. The number of allylic oxidation sites excluding steroid dienone is 1. The summed E-state index contributed by atoms with van der Waals surface area (Å²) in [5, 5.41) is 0. The van der Waals surface area contributed by atoms with Gasteiger partial charge in [-0.2, -0.15) is 0 Å². The zero-order valence-corrected chi connectivity index (χ0v) is 7.31. The Kier molecular flexibility index (Phi) is 7.91. The molecule has 0 rings (SSSR count). The molecule has 0 bridgehead atoms. The average Bonchev–Trinajstić information content (AvgIpc) is 2.16. The van der Waals surface area contributed by atoms with Crippen molar-refractivity contribution in [3.8, 4) is 0 Å². The molecule has 0 aliphatic heterocycles. The summed E-state index contributed by atoms with van der Waals surface area (Å²) in [6.07, 6.45) is 3.38. The number of rotatable bonds is 1. The van der Waals surface area contributed by atoms with Gasteiger partial charge in [0, 0.05) is 32.1 Å². The van der Waals surface area contributed by atoms with E-state index in [-0.39, 0.29) is 2.85 Å². The summed E-state index contributed by atoms with van der Waals surface area (Å²) in [6.45, 7) is 5.15. The maximum Gasteiger partial charge on any atom is 0.0481 e. The molecule has 0 atom stereocenters. The fourth-order valence-electron chi connectivity index (χ4n) is 0.341. The van der Waals surface area contributed by atoms with Crippen LogP contribution in [0, 0.1) is 0 Å². The molecule has 0 heterocycles. The Balaban J connectivity index is -0.000000720. The minimum atomic E-state index is 0. The van der Waals surface area contributed by atoms with Gasteiger partial charge in [0.1, 0.15) is 0 Å². The van der Waals surface area contributed by atoms with Crippen LogP contribution in [0.3, 0.4) is 0 Å². The van der Waals surface area contributed by atoms with Gasteiger partial charge in [-0.15, -0.1) is 0 Å². The molecule has 0 saturated carbocycles. The van der Waals surface area contributed by atoms with Crippen LogP contribution >= 0.6 is 0 Å². The van der Waals surface area contributed by atoms with Crippen molar-refractivity contribution < 1.29 is 2.85 Å². The lowest BCUT2D eigenvalue weighted by molar-refractivity contribution is 1.56. The van der Waals surface area contributed by atoms with Crippen molar-refractivity contribution in [3.05, 3.63) is 59.0 Å². The van der Waals surface area contributed by atoms with Gasteiger partial charge in [0.05, 0.1) is 0 Å². The van der Waals surface area contributed by atoms with E-state index in [1.165, 1.54) is 0 Å². The predicted molar refractivity (Wildman–Crippen MR) is 56.7 cm³/mol. The summed E-state index contributed by atoms with van der Waals surface area (Å²) in [5.41, 5.74) is 17.3. The van der Waals surface area contributed by atoms with Crippen LogP contribution < -0.4 is 0 Å². The Morgan fingerprint density at radius 1 is 1.08 bits per heavy atom. The largest absolute Gasteiger partial charge is 0.205 e. The third kappa shape index (κ3) is 9.65. The van der Waals surface area contributed by atoms with Crippen LogP contribution in [0.2, 0.25) is 0 Å². The van der Waals surface area contributed by atoms with Gasteiger partial charge in [0.2, 0.25) is 0 Å². The zero-order chi connectivity index (χ0) is 9.78. The highest BCUT2D eigenvalue weighted by Crippen LogP contribution is 1.66. The average molecular weight is 169 g/mol. The molecule has 0 radical (unpaired) electrons. The van der Waals surface area contributed by atoms with Crippen LogP contribution in [0.1, 0.15) is 9.78 Å². The van der Waals surface area contributed by atoms with Crippen molar-refractivity contribution in [2.75, 3.05) is 0 Å². The number of hydrogen-bond acceptors (Lipinski definition) is 1. The molecule has 0 fully saturated rings. The Labute approximate surface area is 80.4 Å². The van der Waals surface area contributed by atoms with E-state index in [0.717, 1.165) is 0 Å². The highest BCUT2D eigenvalue weighted by atomic mass is 14.6. The summed E-state index contributed by atoms with van der Waals surface area (Å²) in [5.74, 6) is 2.48. The fraction of sp³-hybridized carbons (Fsp3) is 0.0833. The monoisotopic (exact) mass is 169 g/mol. The maximum absolute atomic E-state index is 3.69. The molecule has 64 valence electrons. The summed E-state index contributed by atoms with van der Waals surface area (Å²) in [6, 6.07) is 0. The number of aliphatic imine (C=N–C) groups is 1. The molecule has 0 saturated heterocycles. The molecule has 1 nitrogen and oxygen atoms in total. The van der Waals surface area contributed by atoms with Gasteiger partial charge in [0.15, 0.2) is 0 Å². The third-order valence-electron chi connectivity index (χ3n) is 0.745. The van der Waals surface area contributed by atoms with Crippen molar-refractivity contribution in [1.29, 1.82) is 0 Å². The van der Waals surface area contributed by atoms with Crippen molar-refractivity contribution in [3.63, 3.8) is 0 Å². The summed E-state index contributed by atoms with van der Waals surface area (Å²) < 4.78 is 0. The molecule has 0 aromatic heterocycles. The predicted octanol–water partition coefficient (Wildman–Crippen LogP) is 2.95. The van der Waals surface area contributed by atoms with E-state index in [0.29, 0.717) is 0 Å². The molecule has 13 heavy (non-hydrogen) atoms. The first-order chi connectivity index (χ1) is 6.41. The van der Waals surface area contributed by atoms with Crippen molar-refractivity contribution in [1.82, 2.24) is 0 Å². The lowest BCUT2D eigenvalue weighted by Crippen LogP contribution is -1.44. The van der Waals surface area contributed by atoms with Gasteiger partial charge < -0.3 is 0 Å². The summed E-state index contributed by atoms with van der Waals surface area (Å²) >= 11 is 0. The van der Waals surface area contributed by atoms with Crippen LogP contribution in [0.4, 0.5) is 0 Å². The van der Waals surface area contributed by atoms with Gasteiger partial charge >= 0.3 is 0 Å². The van der Waals surface area contributed by atoms with Crippen LogP contribution in [-0.2, 0) is 0 Å². The Bertz CT molecular complexity index is 480. The second-order valence-electron chi connectivity index (χ2n) is 1.65. The van der Waals surface area contributed by atoms with Crippen LogP contribution in [0.15, 0.2) is 64.0 Å². The molecule has 0 aliphatic carbocycles. The molecule has 0 spiro atoms. The minimum absolute atomic E-state index is 0. The first-order valence-corrected chi connectivity index (χ1v) is 3.50. The number of hydrogen-bond donors (Lipinski definition) is 0. The normalized spacial score (nSPS) is 5.92. The second kappa shape index (κ2) is 9.65. The van der Waals surface area contributed by atoms with Crippen molar-refractivity contribution in [2.24, 2.45) is 4.99 Å².